The van der Waals surface area contributed by atoms with Gasteiger partial charge in [0, 0.05) is 32.4 Å². The summed E-state index contributed by atoms with van der Waals surface area (Å²) < 4.78 is 4.42. The van der Waals surface area contributed by atoms with Crippen LogP contribution in [0, 0.1) is 23.0 Å². The van der Waals surface area contributed by atoms with Crippen LogP contribution in [0.15, 0.2) is 24.7 Å². The highest BCUT2D eigenvalue weighted by atomic mass is 16.6. The van der Waals surface area contributed by atoms with Crippen LogP contribution in [-0.4, -0.2) is 46.1 Å². The summed E-state index contributed by atoms with van der Waals surface area (Å²) in [6, 6.07) is 1.34. The molecule has 0 bridgehead atoms. The number of nitrogens with zero attached hydrogens (tertiary/aromatic N) is 7. The van der Waals surface area contributed by atoms with Crippen LogP contribution < -0.4 is 10.6 Å². The van der Waals surface area contributed by atoms with E-state index in [0.29, 0.717) is 5.69 Å². The fraction of sp³-hybridized carbons (Fsp3) is 0.389. The molecule has 31 heavy (non-hydrogen) atoms. The van der Waals surface area contributed by atoms with Crippen LogP contribution in [0.3, 0.4) is 0 Å². The van der Waals surface area contributed by atoms with Crippen molar-refractivity contribution in [1.29, 1.82) is 0 Å². The Bertz CT molecular complexity index is 1130. The van der Waals surface area contributed by atoms with Crippen molar-refractivity contribution >= 4 is 23.3 Å². The maximum Gasteiger partial charge on any atom is 0.390 e. The first kappa shape index (κ1) is 21.7. The highest BCUT2D eigenvalue weighted by Crippen LogP contribution is 2.17. The number of hydrogen-bond donors (Lipinski definition) is 2. The highest BCUT2D eigenvalue weighted by molar-refractivity contribution is 6.02. The number of hydrogen-bond acceptors (Lipinski definition) is 7. The van der Waals surface area contributed by atoms with Gasteiger partial charge in [0.1, 0.15) is 5.69 Å². The smallest absolute Gasteiger partial charge is 0.358 e. The predicted molar refractivity (Wildman–Crippen MR) is 109 cm³/mol. The highest BCUT2D eigenvalue weighted by Gasteiger charge is 2.24. The Balaban J connectivity index is 1.66. The quantitative estimate of drug-likeness (QED) is 0.396. The second kappa shape index (κ2) is 8.77. The van der Waals surface area contributed by atoms with Gasteiger partial charge in [-0.05, 0) is 11.8 Å². The first-order valence-corrected chi connectivity index (χ1v) is 9.43. The van der Waals surface area contributed by atoms with E-state index in [0.717, 1.165) is 5.56 Å². The Morgan fingerprint density at radius 1 is 1.26 bits per heavy atom. The molecule has 3 heterocycles. The molecule has 0 aliphatic carbocycles. The van der Waals surface area contributed by atoms with Crippen molar-refractivity contribution in [3.8, 4) is 0 Å². The van der Waals surface area contributed by atoms with E-state index in [9.17, 15) is 19.7 Å². The molecule has 2 N–H and O–H groups in total. The number of nitrogens with one attached hydrogen (secondary N) is 2. The molecule has 3 rings (SSSR count). The van der Waals surface area contributed by atoms with E-state index in [1.807, 2.05) is 0 Å². The molecule has 2 amide bonds. The molecule has 0 aliphatic heterocycles. The predicted octanol–water partition coefficient (Wildman–Crippen LogP) is 0.772. The third-order valence-electron chi connectivity index (χ3n) is 4.67. The molecule has 0 saturated heterocycles. The van der Waals surface area contributed by atoms with Crippen LogP contribution in [-0.2, 0) is 32.0 Å². The van der Waals surface area contributed by atoms with Gasteiger partial charge in [-0.15, -0.1) is 0 Å². The second-order valence-corrected chi connectivity index (χ2v) is 7.21. The van der Waals surface area contributed by atoms with Crippen LogP contribution >= 0.6 is 0 Å². The number of aromatic nitrogens is 6. The van der Waals surface area contributed by atoms with Crippen molar-refractivity contribution in [2.75, 3.05) is 5.32 Å². The number of anilines is 1. The molecule has 164 valence electrons. The number of carbonyl (C=O) groups excluding carboxylic acids is 2. The van der Waals surface area contributed by atoms with E-state index < -0.39 is 16.7 Å². The SMILES string of the molecule is Cc1cc([N+](=O)[O-])nn1CC(C)C(=O)Nc1cnn(C)c1C(=O)NCc1cnn(C)c1. The molecule has 1 atom stereocenters. The number of amides is 2. The fourth-order valence-electron chi connectivity index (χ4n) is 2.99. The van der Waals surface area contributed by atoms with E-state index >= 15 is 0 Å². The van der Waals surface area contributed by atoms with E-state index in [1.165, 1.54) is 21.6 Å². The van der Waals surface area contributed by atoms with Crippen LogP contribution in [0.2, 0.25) is 0 Å². The lowest BCUT2D eigenvalue weighted by Gasteiger charge is -2.12. The lowest BCUT2D eigenvalue weighted by atomic mass is 10.1. The summed E-state index contributed by atoms with van der Waals surface area (Å²) >= 11 is 0. The molecule has 0 aromatic carbocycles. The summed E-state index contributed by atoms with van der Waals surface area (Å²) in [4.78, 5) is 35.6. The van der Waals surface area contributed by atoms with Crippen molar-refractivity contribution in [3.05, 3.63) is 51.7 Å². The van der Waals surface area contributed by atoms with Gasteiger partial charge in [0.15, 0.2) is 0 Å². The first-order valence-electron chi connectivity index (χ1n) is 9.43. The maximum absolute atomic E-state index is 12.7. The van der Waals surface area contributed by atoms with E-state index in [1.54, 1.807) is 45.0 Å². The lowest BCUT2D eigenvalue weighted by Crippen LogP contribution is -2.29. The van der Waals surface area contributed by atoms with Crippen LogP contribution in [0.1, 0.15) is 28.7 Å². The Hall–Kier alpha value is -4.03. The second-order valence-electron chi connectivity index (χ2n) is 7.21. The average molecular weight is 429 g/mol. The van der Waals surface area contributed by atoms with Crippen molar-refractivity contribution in [3.63, 3.8) is 0 Å². The largest absolute Gasteiger partial charge is 0.390 e. The van der Waals surface area contributed by atoms with Gasteiger partial charge < -0.3 is 20.7 Å². The summed E-state index contributed by atoms with van der Waals surface area (Å²) in [5.41, 5.74) is 1.88. The molecule has 0 spiro atoms. The lowest BCUT2D eigenvalue weighted by molar-refractivity contribution is -0.389. The molecule has 0 aliphatic rings. The van der Waals surface area contributed by atoms with E-state index in [2.05, 4.69) is 25.9 Å². The van der Waals surface area contributed by atoms with Crippen LogP contribution in [0.5, 0.6) is 0 Å². The first-order chi connectivity index (χ1) is 14.7. The molecule has 0 saturated carbocycles. The van der Waals surface area contributed by atoms with Gasteiger partial charge in [0.05, 0.1) is 47.4 Å². The summed E-state index contributed by atoms with van der Waals surface area (Å²) in [5, 5.41) is 28.4. The molecular formula is C18H23N9O4. The molecule has 3 aromatic rings. The van der Waals surface area contributed by atoms with Crippen molar-refractivity contribution in [1.82, 2.24) is 34.7 Å². The Labute approximate surface area is 177 Å². The Kier molecular flexibility index (Phi) is 6.13. The third-order valence-corrected chi connectivity index (χ3v) is 4.67. The zero-order chi connectivity index (χ0) is 22.7. The minimum atomic E-state index is -0.583. The molecular weight excluding hydrogens is 406 g/mol. The van der Waals surface area contributed by atoms with Gasteiger partial charge >= 0.3 is 5.82 Å². The van der Waals surface area contributed by atoms with E-state index in [-0.39, 0.29) is 36.2 Å². The summed E-state index contributed by atoms with van der Waals surface area (Å²) in [5.74, 6) is -1.60. The van der Waals surface area contributed by atoms with Crippen LogP contribution in [0.4, 0.5) is 11.5 Å². The molecule has 0 radical (unpaired) electrons. The fourth-order valence-corrected chi connectivity index (χ4v) is 2.99. The van der Waals surface area contributed by atoms with Gasteiger partial charge in [0.2, 0.25) is 5.91 Å². The van der Waals surface area contributed by atoms with E-state index in [4.69, 9.17) is 0 Å². The maximum atomic E-state index is 12.7. The van der Waals surface area contributed by atoms with Crippen molar-refractivity contribution in [2.24, 2.45) is 20.0 Å². The number of nitro groups is 1. The van der Waals surface area contributed by atoms with Gasteiger partial charge in [-0.2, -0.15) is 14.9 Å². The average Bonchev–Trinajstić information content (AvgIpc) is 3.39. The molecule has 1 unspecified atom stereocenters. The zero-order valence-corrected chi connectivity index (χ0v) is 17.6. The summed E-state index contributed by atoms with van der Waals surface area (Å²) in [6.45, 7) is 3.77. The minimum Gasteiger partial charge on any atom is -0.358 e. The Morgan fingerprint density at radius 3 is 2.61 bits per heavy atom. The van der Waals surface area contributed by atoms with Gasteiger partial charge in [-0.25, -0.2) is 0 Å². The van der Waals surface area contributed by atoms with Gasteiger partial charge in [0.25, 0.3) is 5.91 Å². The standard InChI is InChI=1S/C18H23N9O4/c1-11(9-26-12(2)5-15(23-26)27(30)31)17(28)22-14-8-21-25(4)16(14)18(29)19-6-13-7-20-24(3)10-13/h5,7-8,10-11H,6,9H2,1-4H3,(H,19,29)(H,22,28). The van der Waals surface area contributed by atoms with Crippen molar-refractivity contribution in [2.45, 2.75) is 26.9 Å². The number of aryl methyl sites for hydroxylation is 3. The zero-order valence-electron chi connectivity index (χ0n) is 17.6. The molecule has 3 aromatic heterocycles. The van der Waals surface area contributed by atoms with Crippen molar-refractivity contribution < 1.29 is 14.5 Å². The normalized spacial score (nSPS) is 11.9. The molecule has 13 nitrogen and oxygen atoms in total. The molecule has 13 heteroatoms. The third kappa shape index (κ3) is 4.94. The minimum absolute atomic E-state index is 0.147. The molecule has 0 fully saturated rings. The monoisotopic (exact) mass is 429 g/mol. The van der Waals surface area contributed by atoms with Crippen LogP contribution in [0.25, 0.3) is 0 Å². The van der Waals surface area contributed by atoms with Gasteiger partial charge in [-0.3, -0.25) is 19.0 Å². The summed E-state index contributed by atoms with van der Waals surface area (Å²) in [7, 11) is 3.38. The van der Waals surface area contributed by atoms with Gasteiger partial charge in [-0.1, -0.05) is 6.92 Å². The summed E-state index contributed by atoms with van der Waals surface area (Å²) in [6.07, 6.45) is 4.83. The topological polar surface area (TPSA) is 155 Å². The number of carbonyl (C=O) groups is 2. The number of rotatable bonds is 8. The Morgan fingerprint density at radius 2 is 2.00 bits per heavy atom.